The van der Waals surface area contributed by atoms with Crippen LogP contribution in [-0.4, -0.2) is 48.6 Å². The third-order valence-electron chi connectivity index (χ3n) is 2.55. The van der Waals surface area contributed by atoms with Gasteiger partial charge in [0.2, 0.25) is 0 Å². The van der Waals surface area contributed by atoms with E-state index in [0.717, 1.165) is 16.6 Å². The molecule has 4 heteroatoms. The minimum atomic E-state index is 0. The van der Waals surface area contributed by atoms with Gasteiger partial charge in [0.15, 0.2) is 0 Å². The van der Waals surface area contributed by atoms with Crippen molar-refractivity contribution < 1.29 is 0 Å². The number of hydrogen-bond acceptors (Lipinski definition) is 2. The molecule has 2 rings (SSSR count). The summed E-state index contributed by atoms with van der Waals surface area (Å²) in [5.41, 5.74) is 1.15. The fourth-order valence-electron chi connectivity index (χ4n) is 1.67. The second kappa shape index (κ2) is 8.98. The molecule has 0 heterocycles. The number of nitrogens with zero attached hydrogens (tertiary/aromatic N) is 1. The van der Waals surface area contributed by atoms with E-state index in [1.54, 1.807) is 11.8 Å². The summed E-state index contributed by atoms with van der Waals surface area (Å²) < 4.78 is 0.884. The zero-order valence-corrected chi connectivity index (χ0v) is 11.9. The molecule has 96 valence electrons. The van der Waals surface area contributed by atoms with Crippen LogP contribution in [0.5, 0.6) is 0 Å². The van der Waals surface area contributed by atoms with Gasteiger partial charge in [-0.05, 0) is 31.2 Å². The number of para-hydroxylation sites is 1. The summed E-state index contributed by atoms with van der Waals surface area (Å²) in [6.07, 6.45) is 0. The van der Waals surface area contributed by atoms with Gasteiger partial charge < -0.3 is 4.90 Å². The van der Waals surface area contributed by atoms with Crippen LogP contribution in [0.2, 0.25) is 0 Å². The predicted molar refractivity (Wildman–Crippen MR) is 92.9 cm³/mol. The maximum atomic E-state index is 5.53. The first-order chi connectivity index (χ1) is 8.81. The van der Waals surface area contributed by atoms with E-state index in [1.165, 1.54) is 4.90 Å². The molecule has 0 amide bonds. The number of thioether (sulfide) groups is 1. The second-order valence-electron chi connectivity index (χ2n) is 3.76. The standard InChI is InChI=1S/C15H15NS2.Ca.2H/c1-2-16(13-9-5-3-6-10-13)15(17)18-14-11-7-4-8-12-14;;;/h3-12H,2H2,1H3;;;. The monoisotopic (exact) mass is 315 g/mol. The van der Waals surface area contributed by atoms with Gasteiger partial charge >= 0.3 is 37.7 Å². The van der Waals surface area contributed by atoms with Crippen LogP contribution in [0.15, 0.2) is 65.6 Å². The summed E-state index contributed by atoms with van der Waals surface area (Å²) in [6.45, 7) is 2.99. The molecule has 1 nitrogen and oxygen atoms in total. The van der Waals surface area contributed by atoms with Gasteiger partial charge in [-0.1, -0.05) is 60.4 Å². The Morgan fingerprint density at radius 1 is 1.00 bits per heavy atom. The maximum absolute atomic E-state index is 5.53. The number of anilines is 1. The van der Waals surface area contributed by atoms with Crippen LogP contribution in [0.1, 0.15) is 6.92 Å². The predicted octanol–water partition coefficient (Wildman–Crippen LogP) is 3.67. The molecule has 0 N–H and O–H groups in total. The first-order valence-corrected chi connectivity index (χ1v) is 7.13. The van der Waals surface area contributed by atoms with E-state index in [2.05, 4.69) is 36.1 Å². The Morgan fingerprint density at radius 2 is 1.53 bits per heavy atom. The molecule has 0 aliphatic heterocycles. The molecule has 19 heavy (non-hydrogen) atoms. The summed E-state index contributed by atoms with van der Waals surface area (Å²) >= 11 is 7.16. The van der Waals surface area contributed by atoms with Crippen LogP contribution in [0.3, 0.4) is 0 Å². The van der Waals surface area contributed by atoms with Crippen LogP contribution in [-0.2, 0) is 0 Å². The second-order valence-corrected chi connectivity index (χ2v) is 5.47. The van der Waals surface area contributed by atoms with Crippen molar-refractivity contribution in [3.8, 4) is 0 Å². The molecule has 0 bridgehead atoms. The van der Waals surface area contributed by atoms with Crippen molar-refractivity contribution in [1.82, 2.24) is 0 Å². The number of rotatable bonds is 3. The third kappa shape index (κ3) is 5.08. The van der Waals surface area contributed by atoms with E-state index in [0.29, 0.717) is 0 Å². The molecular weight excluding hydrogens is 298 g/mol. The van der Waals surface area contributed by atoms with Gasteiger partial charge in [0.1, 0.15) is 4.32 Å². The van der Waals surface area contributed by atoms with Crippen LogP contribution in [0.4, 0.5) is 5.69 Å². The topological polar surface area (TPSA) is 3.24 Å². The van der Waals surface area contributed by atoms with Crippen molar-refractivity contribution in [2.24, 2.45) is 0 Å². The van der Waals surface area contributed by atoms with Crippen LogP contribution < -0.4 is 4.90 Å². The summed E-state index contributed by atoms with van der Waals surface area (Å²) in [6, 6.07) is 20.5. The summed E-state index contributed by atoms with van der Waals surface area (Å²) in [5, 5.41) is 0. The van der Waals surface area contributed by atoms with Crippen LogP contribution >= 0.6 is 24.0 Å². The number of hydrogen-bond donors (Lipinski definition) is 0. The molecule has 0 spiro atoms. The molecule has 0 aliphatic carbocycles. The van der Waals surface area contributed by atoms with Gasteiger partial charge in [0, 0.05) is 17.1 Å². The quantitative estimate of drug-likeness (QED) is 0.483. The SMILES string of the molecule is CCN(C(=S)Sc1ccccc1)c1ccccc1.[CaH2]. The van der Waals surface area contributed by atoms with Crippen molar-refractivity contribution in [3.63, 3.8) is 0 Å². The molecule has 0 saturated heterocycles. The molecule has 2 aromatic carbocycles. The van der Waals surface area contributed by atoms with Gasteiger partial charge in [-0.3, -0.25) is 0 Å². The summed E-state index contributed by atoms with van der Waals surface area (Å²) in [4.78, 5) is 3.32. The molecule has 0 radical (unpaired) electrons. The Labute approximate surface area is 154 Å². The van der Waals surface area contributed by atoms with Crippen LogP contribution in [0.25, 0.3) is 0 Å². The molecule has 0 fully saturated rings. The first kappa shape index (κ1) is 17.0. The fourth-order valence-corrected chi connectivity index (χ4v) is 3.03. The molecule has 0 atom stereocenters. The average molecular weight is 316 g/mol. The van der Waals surface area contributed by atoms with Gasteiger partial charge in [-0.2, -0.15) is 0 Å². The Morgan fingerprint density at radius 3 is 2.05 bits per heavy atom. The van der Waals surface area contributed by atoms with Crippen molar-refractivity contribution in [2.45, 2.75) is 11.8 Å². The Hall–Kier alpha value is -0.0603. The molecule has 0 unspecified atom stereocenters. The van der Waals surface area contributed by atoms with Crippen molar-refractivity contribution in [3.05, 3.63) is 60.7 Å². The van der Waals surface area contributed by atoms with Gasteiger partial charge in [0.25, 0.3) is 0 Å². The van der Waals surface area contributed by atoms with Crippen molar-refractivity contribution >= 4 is 71.7 Å². The normalized spacial score (nSPS) is 9.53. The van der Waals surface area contributed by atoms with Crippen LogP contribution in [0, 0.1) is 0 Å². The Balaban J connectivity index is 0.00000180. The van der Waals surface area contributed by atoms with E-state index in [4.69, 9.17) is 12.2 Å². The third-order valence-corrected chi connectivity index (χ3v) is 3.93. The minimum absolute atomic E-state index is 0. The van der Waals surface area contributed by atoms with E-state index in [9.17, 15) is 0 Å². The van der Waals surface area contributed by atoms with Crippen molar-refractivity contribution in [1.29, 1.82) is 0 Å². The van der Waals surface area contributed by atoms with E-state index in [1.807, 2.05) is 36.4 Å². The first-order valence-electron chi connectivity index (χ1n) is 5.90. The average Bonchev–Trinajstić information content (AvgIpc) is 2.42. The fraction of sp³-hybridized carbons (Fsp3) is 0.133. The van der Waals surface area contributed by atoms with Gasteiger partial charge in [-0.25, -0.2) is 0 Å². The zero-order valence-electron chi connectivity index (χ0n) is 10.2. The number of benzene rings is 2. The van der Waals surface area contributed by atoms with Gasteiger partial charge in [0.05, 0.1) is 0 Å². The zero-order chi connectivity index (χ0) is 12.8. The molecule has 0 saturated carbocycles. The van der Waals surface area contributed by atoms with Gasteiger partial charge in [-0.15, -0.1) is 0 Å². The molecule has 2 aromatic rings. The number of thiocarbonyl (C=S) groups is 1. The molecule has 0 aromatic heterocycles. The Bertz CT molecular complexity index is 502. The van der Waals surface area contributed by atoms with Crippen molar-refractivity contribution in [2.75, 3.05) is 11.4 Å². The van der Waals surface area contributed by atoms with E-state index < -0.39 is 0 Å². The van der Waals surface area contributed by atoms with E-state index in [-0.39, 0.29) is 37.7 Å². The Kier molecular flexibility index (Phi) is 8.03. The van der Waals surface area contributed by atoms with E-state index >= 15 is 0 Å². The molecule has 0 aliphatic rings. The summed E-state index contributed by atoms with van der Waals surface area (Å²) in [7, 11) is 0. The summed E-state index contributed by atoms with van der Waals surface area (Å²) in [5.74, 6) is 0. The molecular formula is C15H17CaNS2.